The minimum absolute atomic E-state index is 0.0404. The van der Waals surface area contributed by atoms with Gasteiger partial charge in [-0.25, -0.2) is 4.98 Å². The van der Waals surface area contributed by atoms with Gasteiger partial charge < -0.3 is 9.88 Å². The van der Waals surface area contributed by atoms with Crippen LogP contribution in [0.3, 0.4) is 0 Å². The average molecular weight is 311 g/mol. The van der Waals surface area contributed by atoms with E-state index in [0.717, 1.165) is 16.4 Å². The van der Waals surface area contributed by atoms with E-state index in [1.165, 1.54) is 16.9 Å². The molecule has 0 atom stereocenters. The number of carbonyl (C=O) groups is 1. The van der Waals surface area contributed by atoms with Crippen LogP contribution >= 0.6 is 11.3 Å². The van der Waals surface area contributed by atoms with E-state index in [0.29, 0.717) is 13.0 Å². The van der Waals surface area contributed by atoms with Crippen molar-refractivity contribution in [3.05, 3.63) is 71.5 Å². The SMILES string of the molecule is O=C(Cc1cnc(-n2cccc2)s1)NCCc1ccccc1. The molecule has 1 N–H and O–H groups in total. The van der Waals surface area contributed by atoms with Crippen molar-refractivity contribution < 1.29 is 4.79 Å². The van der Waals surface area contributed by atoms with Crippen LogP contribution in [-0.2, 0) is 17.6 Å². The number of benzene rings is 1. The molecular formula is C17H17N3OS. The van der Waals surface area contributed by atoms with Crippen molar-refractivity contribution in [2.24, 2.45) is 0 Å². The second-order valence-electron chi connectivity index (χ2n) is 4.96. The number of aromatic nitrogens is 2. The van der Waals surface area contributed by atoms with Crippen LogP contribution in [0.5, 0.6) is 0 Å². The summed E-state index contributed by atoms with van der Waals surface area (Å²) in [5.74, 6) is 0.0404. The number of hydrogen-bond donors (Lipinski definition) is 1. The van der Waals surface area contributed by atoms with Crippen LogP contribution in [0.4, 0.5) is 0 Å². The largest absolute Gasteiger partial charge is 0.355 e. The predicted molar refractivity (Wildman–Crippen MR) is 88.3 cm³/mol. The Morgan fingerprint density at radius 1 is 1.14 bits per heavy atom. The van der Waals surface area contributed by atoms with Gasteiger partial charge >= 0.3 is 0 Å². The van der Waals surface area contributed by atoms with Gasteiger partial charge in [0.15, 0.2) is 5.13 Å². The first-order valence-corrected chi connectivity index (χ1v) is 8.01. The smallest absolute Gasteiger partial charge is 0.225 e. The molecule has 3 rings (SSSR count). The van der Waals surface area contributed by atoms with Crippen molar-refractivity contribution >= 4 is 17.2 Å². The molecule has 4 nitrogen and oxygen atoms in total. The molecule has 22 heavy (non-hydrogen) atoms. The average Bonchev–Trinajstić information content (AvgIpc) is 3.19. The fourth-order valence-corrected chi connectivity index (χ4v) is 3.05. The maximum atomic E-state index is 12.0. The van der Waals surface area contributed by atoms with E-state index in [-0.39, 0.29) is 5.91 Å². The Morgan fingerprint density at radius 3 is 2.68 bits per heavy atom. The highest BCUT2D eigenvalue weighted by molar-refractivity contribution is 7.14. The van der Waals surface area contributed by atoms with Crippen LogP contribution in [0.1, 0.15) is 10.4 Å². The van der Waals surface area contributed by atoms with Crippen molar-refractivity contribution in [1.82, 2.24) is 14.9 Å². The number of amides is 1. The fraction of sp³-hybridized carbons (Fsp3) is 0.176. The standard InChI is InChI=1S/C17H17N3OS/c21-16(18-9-8-14-6-2-1-3-7-14)12-15-13-19-17(22-15)20-10-4-5-11-20/h1-7,10-11,13H,8-9,12H2,(H,18,21). The zero-order valence-electron chi connectivity index (χ0n) is 12.1. The molecule has 0 bridgehead atoms. The number of nitrogens with one attached hydrogen (secondary N) is 1. The van der Waals surface area contributed by atoms with Crippen LogP contribution in [0, 0.1) is 0 Å². The first-order chi connectivity index (χ1) is 10.8. The molecule has 1 aromatic carbocycles. The van der Waals surface area contributed by atoms with Crippen LogP contribution in [0.15, 0.2) is 61.1 Å². The molecule has 3 aromatic rings. The van der Waals surface area contributed by atoms with Gasteiger partial charge in [-0.2, -0.15) is 0 Å². The Kier molecular flexibility index (Phi) is 4.65. The highest BCUT2D eigenvalue weighted by Crippen LogP contribution is 2.17. The summed E-state index contributed by atoms with van der Waals surface area (Å²) in [6.07, 6.45) is 6.90. The van der Waals surface area contributed by atoms with Crippen LogP contribution in [0.2, 0.25) is 0 Å². The minimum atomic E-state index is 0.0404. The summed E-state index contributed by atoms with van der Waals surface area (Å²) in [4.78, 5) is 17.3. The first kappa shape index (κ1) is 14.5. The highest BCUT2D eigenvalue weighted by atomic mass is 32.1. The quantitative estimate of drug-likeness (QED) is 0.761. The van der Waals surface area contributed by atoms with E-state index in [2.05, 4.69) is 22.4 Å². The van der Waals surface area contributed by atoms with Crippen molar-refractivity contribution in [3.63, 3.8) is 0 Å². The Bertz CT molecular complexity index is 719. The van der Waals surface area contributed by atoms with Gasteiger partial charge in [-0.05, 0) is 24.1 Å². The highest BCUT2D eigenvalue weighted by Gasteiger charge is 2.08. The van der Waals surface area contributed by atoms with E-state index in [1.54, 1.807) is 6.20 Å². The number of thiazole rings is 1. The van der Waals surface area contributed by atoms with Crippen molar-refractivity contribution in [3.8, 4) is 5.13 Å². The number of carbonyl (C=O) groups excluding carboxylic acids is 1. The predicted octanol–water partition coefficient (Wildman–Crippen LogP) is 2.84. The van der Waals surface area contributed by atoms with E-state index in [4.69, 9.17) is 0 Å². The molecule has 2 aromatic heterocycles. The lowest BCUT2D eigenvalue weighted by Crippen LogP contribution is -2.26. The molecule has 0 aliphatic rings. The van der Waals surface area contributed by atoms with Gasteiger partial charge in [0.1, 0.15) is 0 Å². The lowest BCUT2D eigenvalue weighted by Gasteiger charge is -2.04. The molecule has 5 heteroatoms. The maximum Gasteiger partial charge on any atom is 0.225 e. The van der Waals surface area contributed by atoms with Crippen molar-refractivity contribution in [1.29, 1.82) is 0 Å². The molecular weight excluding hydrogens is 294 g/mol. The molecule has 0 spiro atoms. The van der Waals surface area contributed by atoms with Crippen LogP contribution in [-0.4, -0.2) is 22.0 Å². The zero-order valence-corrected chi connectivity index (χ0v) is 12.9. The van der Waals surface area contributed by atoms with E-state index in [9.17, 15) is 4.79 Å². The topological polar surface area (TPSA) is 46.9 Å². The van der Waals surface area contributed by atoms with Gasteiger partial charge in [-0.1, -0.05) is 30.3 Å². The third-order valence-electron chi connectivity index (χ3n) is 3.28. The summed E-state index contributed by atoms with van der Waals surface area (Å²) >= 11 is 1.54. The monoisotopic (exact) mass is 311 g/mol. The summed E-state index contributed by atoms with van der Waals surface area (Å²) < 4.78 is 1.95. The van der Waals surface area contributed by atoms with Gasteiger partial charge in [0.25, 0.3) is 0 Å². The van der Waals surface area contributed by atoms with Gasteiger partial charge in [0.2, 0.25) is 5.91 Å². The minimum Gasteiger partial charge on any atom is -0.355 e. The Morgan fingerprint density at radius 2 is 1.91 bits per heavy atom. The Labute approximate surface area is 133 Å². The van der Waals surface area contributed by atoms with Gasteiger partial charge in [0.05, 0.1) is 6.42 Å². The Balaban J connectivity index is 1.48. The number of rotatable bonds is 6. The molecule has 0 fully saturated rings. The van der Waals surface area contributed by atoms with Crippen LogP contribution < -0.4 is 5.32 Å². The maximum absolute atomic E-state index is 12.0. The van der Waals surface area contributed by atoms with E-state index >= 15 is 0 Å². The summed E-state index contributed by atoms with van der Waals surface area (Å²) in [5.41, 5.74) is 1.23. The van der Waals surface area contributed by atoms with Crippen molar-refractivity contribution in [2.75, 3.05) is 6.54 Å². The Hall–Kier alpha value is -2.40. The molecule has 2 heterocycles. The second-order valence-corrected chi connectivity index (χ2v) is 6.06. The van der Waals surface area contributed by atoms with Gasteiger partial charge in [-0.3, -0.25) is 4.79 Å². The molecule has 1 amide bonds. The van der Waals surface area contributed by atoms with Crippen LogP contribution in [0.25, 0.3) is 5.13 Å². The first-order valence-electron chi connectivity index (χ1n) is 7.20. The molecule has 0 aliphatic heterocycles. The normalized spacial score (nSPS) is 10.5. The third kappa shape index (κ3) is 3.83. The molecule has 0 unspecified atom stereocenters. The van der Waals surface area contributed by atoms with E-state index < -0.39 is 0 Å². The molecule has 112 valence electrons. The summed E-state index contributed by atoms with van der Waals surface area (Å²) in [7, 11) is 0. The van der Waals surface area contributed by atoms with Gasteiger partial charge in [-0.15, -0.1) is 11.3 Å². The molecule has 0 aliphatic carbocycles. The second kappa shape index (κ2) is 7.04. The molecule has 0 radical (unpaired) electrons. The van der Waals surface area contributed by atoms with E-state index in [1.807, 2.05) is 47.3 Å². The molecule has 0 saturated heterocycles. The zero-order chi connectivity index (χ0) is 15.2. The number of nitrogens with zero attached hydrogens (tertiary/aromatic N) is 2. The summed E-state index contributed by atoms with van der Waals surface area (Å²) in [5, 5.41) is 3.84. The lowest BCUT2D eigenvalue weighted by molar-refractivity contribution is -0.120. The summed E-state index contributed by atoms with van der Waals surface area (Å²) in [6, 6.07) is 14.1. The third-order valence-corrected chi connectivity index (χ3v) is 4.29. The van der Waals surface area contributed by atoms with Gasteiger partial charge in [0, 0.05) is 30.0 Å². The number of hydrogen-bond acceptors (Lipinski definition) is 3. The molecule has 0 saturated carbocycles. The van der Waals surface area contributed by atoms with Crippen molar-refractivity contribution in [2.45, 2.75) is 12.8 Å². The lowest BCUT2D eigenvalue weighted by atomic mass is 10.1. The fourth-order valence-electron chi connectivity index (χ4n) is 2.17. The summed E-state index contributed by atoms with van der Waals surface area (Å²) in [6.45, 7) is 0.659.